The van der Waals surface area contributed by atoms with Crippen molar-refractivity contribution in [2.24, 2.45) is 0 Å². The monoisotopic (exact) mass is 1110 g/mol. The van der Waals surface area contributed by atoms with E-state index in [0.29, 0.717) is 19.3 Å². The first-order valence-electron chi connectivity index (χ1n) is 21.3. The molecular formula is C55H36BF5I2N4. The summed E-state index contributed by atoms with van der Waals surface area (Å²) in [5.41, 5.74) is 6.53. The third kappa shape index (κ3) is 8.48. The molecule has 2 aliphatic rings. The molecule has 0 spiro atoms. The summed E-state index contributed by atoms with van der Waals surface area (Å²) in [4.78, 5) is 4.24. The summed E-state index contributed by atoms with van der Waals surface area (Å²) >= 11 is 3.96. The lowest BCUT2D eigenvalue weighted by Crippen LogP contribution is -2.51. The average Bonchev–Trinajstić information content (AvgIpc) is 3.87. The smallest absolute Gasteiger partial charge is 0.389 e. The van der Waals surface area contributed by atoms with E-state index in [1.54, 1.807) is 24.3 Å². The first kappa shape index (κ1) is 44.1. The number of benzene rings is 7. The maximum atomic E-state index is 17.7. The molecule has 67 heavy (non-hydrogen) atoms. The molecule has 328 valence electrons. The zero-order valence-corrected chi connectivity index (χ0v) is 39.6. The second kappa shape index (κ2) is 18.5. The predicted molar refractivity (Wildman–Crippen MR) is 280 cm³/mol. The van der Waals surface area contributed by atoms with Crippen LogP contribution in [0, 0.1) is 21.0 Å². The molecule has 0 aliphatic carbocycles. The minimum Gasteiger partial charge on any atom is -0.389 e. The summed E-state index contributed by atoms with van der Waals surface area (Å²) in [5.74, 6) is -3.52. The molecule has 0 saturated heterocycles. The van der Waals surface area contributed by atoms with E-state index < -0.39 is 30.0 Å². The van der Waals surface area contributed by atoms with Crippen LogP contribution in [0.2, 0.25) is 0 Å². The van der Waals surface area contributed by atoms with E-state index >= 15 is 17.4 Å². The molecule has 1 aromatic heterocycles. The fraction of sp³-hybridized carbons (Fsp3) is 0. The van der Waals surface area contributed by atoms with E-state index in [4.69, 9.17) is 0 Å². The van der Waals surface area contributed by atoms with Gasteiger partial charge in [-0.05, 0) is 147 Å². The number of allylic oxidation sites excluding steroid dienone is 3. The highest BCUT2D eigenvalue weighted by Gasteiger charge is 2.56. The fourth-order valence-corrected chi connectivity index (χ4v) is 10.2. The second-order valence-corrected chi connectivity index (χ2v) is 18.2. The van der Waals surface area contributed by atoms with E-state index in [-0.39, 0.29) is 28.4 Å². The van der Waals surface area contributed by atoms with Crippen molar-refractivity contribution >= 4 is 116 Å². The Kier molecular flexibility index (Phi) is 12.2. The van der Waals surface area contributed by atoms with Gasteiger partial charge in [0.15, 0.2) is 11.4 Å². The third-order valence-corrected chi connectivity index (χ3v) is 13.4. The number of nitrogens with zero attached hydrogens (tertiary/aromatic N) is 4. The molecule has 0 atom stereocenters. The summed E-state index contributed by atoms with van der Waals surface area (Å²) in [6.07, 6.45) is 8.18. The van der Waals surface area contributed by atoms with Crippen molar-refractivity contribution in [3.63, 3.8) is 0 Å². The highest BCUT2D eigenvalue weighted by Crippen LogP contribution is 2.46. The van der Waals surface area contributed by atoms with Crippen LogP contribution >= 0.6 is 45.2 Å². The fourth-order valence-electron chi connectivity index (χ4n) is 8.70. The van der Waals surface area contributed by atoms with Gasteiger partial charge in [-0.25, -0.2) is 13.2 Å². The molecule has 0 fully saturated rings. The average molecular weight is 1110 g/mol. The van der Waals surface area contributed by atoms with Crippen LogP contribution < -0.4 is 9.80 Å². The standard InChI is InChI=1S/C55H36BF5I2N4/c57-39-33-46(58)54(47(59)34-39)55-52-35-48(62)50(31-25-37-21-27-44(28-22-37)64(40-13-5-1-6-14-40)41-15-7-2-8-16-41)66(52)56(60,61)67-51(49(63)36-53(55)67)32-26-38-23-29-45(30-24-38)65(42-17-9-3-10-18-42)43-19-11-4-12-20-43/h1-36H/b31-25+,32-26+. The molecule has 12 heteroatoms. The summed E-state index contributed by atoms with van der Waals surface area (Å²) in [6.45, 7) is -4.69. The summed E-state index contributed by atoms with van der Waals surface area (Å²) in [5, 5.41) is 0. The van der Waals surface area contributed by atoms with Crippen LogP contribution in [0.15, 0.2) is 209 Å². The third-order valence-electron chi connectivity index (χ3n) is 11.7. The van der Waals surface area contributed by atoms with E-state index in [1.165, 1.54) is 12.1 Å². The van der Waals surface area contributed by atoms with Gasteiger partial charge in [0.05, 0.1) is 14.7 Å². The minimum atomic E-state index is -4.69. The number of rotatable bonds is 11. The van der Waals surface area contributed by atoms with Gasteiger partial charge in [0.1, 0.15) is 17.5 Å². The summed E-state index contributed by atoms with van der Waals surface area (Å²) < 4.78 is 84.2. The number of para-hydroxylation sites is 4. The van der Waals surface area contributed by atoms with Crippen molar-refractivity contribution in [3.05, 3.63) is 259 Å². The Morgan fingerprint density at radius 2 is 0.896 bits per heavy atom. The molecule has 10 rings (SSSR count). The quantitative estimate of drug-likeness (QED) is 0.0728. The van der Waals surface area contributed by atoms with Crippen LogP contribution in [0.3, 0.4) is 0 Å². The van der Waals surface area contributed by atoms with Gasteiger partial charge in [0.2, 0.25) is 0 Å². The van der Waals surface area contributed by atoms with Crippen molar-refractivity contribution in [2.75, 3.05) is 9.80 Å². The van der Waals surface area contributed by atoms with E-state index in [9.17, 15) is 4.39 Å². The zero-order chi connectivity index (χ0) is 46.2. The molecule has 8 aromatic rings. The second-order valence-electron chi connectivity index (χ2n) is 15.8. The summed E-state index contributed by atoms with van der Waals surface area (Å²) in [7, 11) is 0. The number of anilines is 6. The number of hydrogen-bond acceptors (Lipinski definition) is 2. The van der Waals surface area contributed by atoms with E-state index in [2.05, 4.69) is 9.80 Å². The topological polar surface area (TPSA) is 14.4 Å². The molecule has 0 bridgehead atoms. The van der Waals surface area contributed by atoms with Gasteiger partial charge in [-0.3, -0.25) is 0 Å². The lowest BCUT2D eigenvalue weighted by Gasteiger charge is -2.33. The van der Waals surface area contributed by atoms with Gasteiger partial charge in [-0.15, -0.1) is 0 Å². The molecule has 0 saturated carbocycles. The van der Waals surface area contributed by atoms with Crippen LogP contribution in [-0.2, 0) is 0 Å². The van der Waals surface area contributed by atoms with Gasteiger partial charge in [0, 0.05) is 73.4 Å². The van der Waals surface area contributed by atoms with Gasteiger partial charge >= 0.3 is 6.97 Å². The molecule has 0 N–H and O–H groups in total. The highest BCUT2D eigenvalue weighted by molar-refractivity contribution is 14.1. The van der Waals surface area contributed by atoms with Crippen LogP contribution in [0.4, 0.5) is 55.9 Å². The van der Waals surface area contributed by atoms with E-state index in [1.807, 2.05) is 215 Å². The molecule has 4 nitrogen and oxygen atoms in total. The lowest BCUT2D eigenvalue weighted by atomic mass is 9.85. The summed E-state index contributed by atoms with van der Waals surface area (Å²) in [6, 6.07) is 58.0. The zero-order valence-electron chi connectivity index (χ0n) is 35.3. The Labute approximate surface area is 412 Å². The van der Waals surface area contributed by atoms with Crippen molar-refractivity contribution in [3.8, 4) is 0 Å². The van der Waals surface area contributed by atoms with Gasteiger partial charge < -0.3 is 27.4 Å². The number of halogens is 7. The first-order chi connectivity index (χ1) is 32.6. The molecule has 0 amide bonds. The molecule has 3 heterocycles. The first-order valence-corrected chi connectivity index (χ1v) is 23.5. The highest BCUT2D eigenvalue weighted by atomic mass is 127. The van der Waals surface area contributed by atoms with Crippen molar-refractivity contribution in [2.45, 2.75) is 0 Å². The van der Waals surface area contributed by atoms with Crippen molar-refractivity contribution in [1.82, 2.24) is 4.48 Å². The molecular weight excluding hydrogens is 1080 g/mol. The Balaban J connectivity index is 1.04. The molecule has 0 unspecified atom stereocenters. The Hall–Kier alpha value is -6.78. The van der Waals surface area contributed by atoms with Crippen molar-refractivity contribution in [1.29, 1.82) is 0 Å². The number of fused-ring (bicyclic) bond motifs is 2. The van der Waals surface area contributed by atoms with E-state index in [0.717, 1.165) is 54.2 Å². The van der Waals surface area contributed by atoms with Gasteiger partial charge in [0.25, 0.3) is 0 Å². The normalized spacial score (nSPS) is 14.2. The van der Waals surface area contributed by atoms with Crippen LogP contribution in [-0.4, -0.2) is 21.6 Å². The Morgan fingerprint density at radius 1 is 0.493 bits per heavy atom. The molecule has 2 aliphatic heterocycles. The predicted octanol–water partition coefficient (Wildman–Crippen LogP) is 16.1. The molecule has 0 radical (unpaired) electrons. The van der Waals surface area contributed by atoms with Crippen molar-refractivity contribution < 1.29 is 26.3 Å². The van der Waals surface area contributed by atoms with Crippen LogP contribution in [0.25, 0.3) is 23.8 Å². The largest absolute Gasteiger partial charge is 0.737 e. The maximum Gasteiger partial charge on any atom is 0.737 e. The van der Waals surface area contributed by atoms with Gasteiger partial charge in [-0.1, -0.05) is 103 Å². The molecule has 7 aromatic carbocycles. The lowest BCUT2D eigenvalue weighted by molar-refractivity contribution is -0.360. The number of hydrogen-bond donors (Lipinski definition) is 0. The van der Waals surface area contributed by atoms with Crippen LogP contribution in [0.1, 0.15) is 28.1 Å². The Morgan fingerprint density at radius 3 is 1.33 bits per heavy atom. The minimum absolute atomic E-state index is 0.0934. The number of aromatic nitrogens is 1. The Bertz CT molecular complexity index is 3200. The van der Waals surface area contributed by atoms with Crippen LogP contribution in [0.5, 0.6) is 0 Å². The SMILES string of the molecule is Fc1cc(F)c(C2=C3C=C(I)C(/C=C/c4ccc(N(c5ccccc5)c5ccccc5)cc4)=[N+]3[B-](F)(F)n3c2cc(I)c3/C=C/c2ccc(N(c3ccccc3)c3ccccc3)cc2)c(F)c1. The van der Waals surface area contributed by atoms with Gasteiger partial charge in [-0.2, -0.15) is 0 Å². The maximum absolute atomic E-state index is 17.7.